The van der Waals surface area contributed by atoms with Gasteiger partial charge in [-0.15, -0.1) is 0 Å². The van der Waals surface area contributed by atoms with Gasteiger partial charge < -0.3 is 14.8 Å². The van der Waals surface area contributed by atoms with Gasteiger partial charge in [-0.2, -0.15) is 13.2 Å². The summed E-state index contributed by atoms with van der Waals surface area (Å²) in [5.41, 5.74) is -0.0581. The molecule has 0 aliphatic carbocycles. The minimum absolute atomic E-state index is 0.0581. The molecule has 4 nitrogen and oxygen atoms in total. The zero-order valence-electron chi connectivity index (χ0n) is 11.5. The van der Waals surface area contributed by atoms with Crippen LogP contribution in [0.3, 0.4) is 0 Å². The molecular formula is C13H15F4NO3. The fourth-order valence-corrected chi connectivity index (χ4v) is 1.44. The average molecular weight is 309 g/mol. The molecule has 118 valence electrons. The molecule has 0 aliphatic rings. The van der Waals surface area contributed by atoms with E-state index in [1.54, 1.807) is 6.92 Å². The van der Waals surface area contributed by atoms with E-state index in [1.165, 1.54) is 6.92 Å². The Kier molecular flexibility index (Phi) is 5.95. The molecule has 1 rings (SSSR count). The maximum absolute atomic E-state index is 13.1. The average Bonchev–Trinajstić information content (AvgIpc) is 2.38. The van der Waals surface area contributed by atoms with Crippen molar-refractivity contribution in [3.8, 4) is 5.75 Å². The van der Waals surface area contributed by atoms with Crippen molar-refractivity contribution >= 4 is 11.6 Å². The van der Waals surface area contributed by atoms with Crippen molar-refractivity contribution in [2.75, 3.05) is 18.5 Å². The Morgan fingerprint density at radius 1 is 1.38 bits per heavy atom. The fraction of sp³-hybridized carbons (Fsp3) is 0.462. The number of hydrogen-bond acceptors (Lipinski definition) is 3. The Morgan fingerprint density at radius 2 is 2.05 bits per heavy atom. The van der Waals surface area contributed by atoms with Gasteiger partial charge in [-0.05, 0) is 26.0 Å². The molecule has 0 heterocycles. The lowest BCUT2D eigenvalue weighted by atomic mass is 10.2. The van der Waals surface area contributed by atoms with Crippen LogP contribution in [0.15, 0.2) is 18.2 Å². The minimum Gasteiger partial charge on any atom is -0.482 e. The summed E-state index contributed by atoms with van der Waals surface area (Å²) < 4.78 is 59.1. The fourth-order valence-electron chi connectivity index (χ4n) is 1.44. The number of ether oxygens (including phenoxy) is 2. The van der Waals surface area contributed by atoms with Gasteiger partial charge in [-0.25, -0.2) is 4.39 Å². The molecule has 1 atom stereocenters. The number of benzene rings is 1. The van der Waals surface area contributed by atoms with E-state index in [0.29, 0.717) is 6.61 Å². The normalized spacial score (nSPS) is 12.9. The molecule has 0 radical (unpaired) electrons. The monoisotopic (exact) mass is 309 g/mol. The summed E-state index contributed by atoms with van der Waals surface area (Å²) >= 11 is 0. The highest BCUT2D eigenvalue weighted by atomic mass is 19.4. The lowest BCUT2D eigenvalue weighted by Crippen LogP contribution is -2.28. The van der Waals surface area contributed by atoms with E-state index in [1.807, 2.05) is 0 Å². The van der Waals surface area contributed by atoms with Crippen LogP contribution in [0.4, 0.5) is 23.2 Å². The number of amides is 1. The Balaban J connectivity index is 2.84. The number of carbonyl (C=O) groups excluding carboxylic acids is 1. The van der Waals surface area contributed by atoms with Crippen molar-refractivity contribution in [1.29, 1.82) is 0 Å². The molecule has 1 amide bonds. The van der Waals surface area contributed by atoms with E-state index in [4.69, 9.17) is 4.74 Å². The summed E-state index contributed by atoms with van der Waals surface area (Å²) in [5, 5.41) is 2.34. The van der Waals surface area contributed by atoms with Crippen LogP contribution in [0.1, 0.15) is 13.8 Å². The summed E-state index contributed by atoms with van der Waals surface area (Å²) in [6, 6.07) is 2.89. The number of rotatable bonds is 6. The van der Waals surface area contributed by atoms with Gasteiger partial charge in [0.15, 0.2) is 6.61 Å². The van der Waals surface area contributed by atoms with Crippen LogP contribution in [-0.2, 0) is 9.53 Å². The molecule has 0 spiro atoms. The van der Waals surface area contributed by atoms with Crippen molar-refractivity contribution in [2.45, 2.75) is 26.1 Å². The summed E-state index contributed by atoms with van der Waals surface area (Å²) in [6.07, 6.45) is -5.36. The largest absolute Gasteiger partial charge is 0.482 e. The van der Waals surface area contributed by atoms with Gasteiger partial charge in [0, 0.05) is 12.7 Å². The molecule has 0 fully saturated rings. The van der Waals surface area contributed by atoms with Crippen LogP contribution < -0.4 is 10.1 Å². The Bertz CT molecular complexity index is 491. The number of alkyl halides is 3. The highest BCUT2D eigenvalue weighted by molar-refractivity contribution is 5.95. The predicted octanol–water partition coefficient (Wildman–Crippen LogP) is 3.13. The molecule has 21 heavy (non-hydrogen) atoms. The summed E-state index contributed by atoms with van der Waals surface area (Å²) in [7, 11) is 0. The second-order valence-corrected chi connectivity index (χ2v) is 4.13. The Morgan fingerprint density at radius 3 is 2.62 bits per heavy atom. The van der Waals surface area contributed by atoms with Gasteiger partial charge in [-0.1, -0.05) is 0 Å². The summed E-state index contributed by atoms with van der Waals surface area (Å²) in [5.74, 6) is -1.74. The highest BCUT2D eigenvalue weighted by Gasteiger charge is 2.29. The van der Waals surface area contributed by atoms with Crippen molar-refractivity contribution in [3.63, 3.8) is 0 Å². The predicted molar refractivity (Wildman–Crippen MR) is 67.7 cm³/mol. The first-order valence-corrected chi connectivity index (χ1v) is 6.14. The molecule has 0 saturated heterocycles. The van der Waals surface area contributed by atoms with E-state index in [9.17, 15) is 22.4 Å². The van der Waals surface area contributed by atoms with Crippen LogP contribution in [0.5, 0.6) is 5.75 Å². The zero-order valence-corrected chi connectivity index (χ0v) is 11.5. The van der Waals surface area contributed by atoms with E-state index in [0.717, 1.165) is 18.2 Å². The number of anilines is 1. The number of hydrogen-bond donors (Lipinski definition) is 1. The molecule has 0 aromatic heterocycles. The van der Waals surface area contributed by atoms with E-state index < -0.39 is 36.4 Å². The summed E-state index contributed by atoms with van der Waals surface area (Å²) in [6.45, 7) is 1.90. The zero-order chi connectivity index (χ0) is 16.0. The van der Waals surface area contributed by atoms with Crippen molar-refractivity contribution in [1.82, 2.24) is 0 Å². The Labute approximate surface area is 119 Å². The standard InChI is InChI=1S/C13H15F4NO3/c1-3-20-8(2)12(19)18-10-5-4-9(14)6-11(10)21-7-13(15,16)17/h4-6,8H,3,7H2,1-2H3,(H,18,19). The van der Waals surface area contributed by atoms with Crippen LogP contribution in [-0.4, -0.2) is 31.4 Å². The van der Waals surface area contributed by atoms with Gasteiger partial charge in [0.2, 0.25) is 0 Å². The van der Waals surface area contributed by atoms with Gasteiger partial charge in [0.25, 0.3) is 5.91 Å². The molecule has 0 bridgehead atoms. The van der Waals surface area contributed by atoms with Crippen LogP contribution in [0, 0.1) is 5.82 Å². The van der Waals surface area contributed by atoms with E-state index >= 15 is 0 Å². The minimum atomic E-state index is -4.56. The first-order chi connectivity index (χ1) is 9.73. The number of nitrogens with one attached hydrogen (secondary N) is 1. The van der Waals surface area contributed by atoms with Gasteiger partial charge in [0.1, 0.15) is 17.7 Å². The molecule has 8 heteroatoms. The van der Waals surface area contributed by atoms with Crippen LogP contribution >= 0.6 is 0 Å². The van der Waals surface area contributed by atoms with Crippen molar-refractivity contribution in [3.05, 3.63) is 24.0 Å². The molecule has 1 aromatic rings. The smallest absolute Gasteiger partial charge is 0.422 e. The number of carbonyl (C=O) groups is 1. The molecular weight excluding hydrogens is 294 g/mol. The molecule has 1 aromatic carbocycles. The topological polar surface area (TPSA) is 47.6 Å². The lowest BCUT2D eigenvalue weighted by molar-refractivity contribution is -0.153. The summed E-state index contributed by atoms with van der Waals surface area (Å²) in [4.78, 5) is 11.7. The highest BCUT2D eigenvalue weighted by Crippen LogP contribution is 2.27. The van der Waals surface area contributed by atoms with Crippen molar-refractivity contribution < 1.29 is 31.8 Å². The van der Waals surface area contributed by atoms with Crippen LogP contribution in [0.2, 0.25) is 0 Å². The van der Waals surface area contributed by atoms with Gasteiger partial charge >= 0.3 is 6.18 Å². The SMILES string of the molecule is CCOC(C)C(=O)Nc1ccc(F)cc1OCC(F)(F)F. The molecule has 1 N–H and O–H groups in total. The second kappa shape index (κ2) is 7.26. The third-order valence-corrected chi connectivity index (χ3v) is 2.38. The van der Waals surface area contributed by atoms with Gasteiger partial charge in [-0.3, -0.25) is 4.79 Å². The third kappa shape index (κ3) is 5.99. The maximum atomic E-state index is 13.1. The maximum Gasteiger partial charge on any atom is 0.422 e. The van der Waals surface area contributed by atoms with Gasteiger partial charge in [0.05, 0.1) is 5.69 Å². The Hall–Kier alpha value is -1.83. The molecule has 0 aliphatic heterocycles. The molecule has 0 saturated carbocycles. The quantitative estimate of drug-likeness (QED) is 0.821. The second-order valence-electron chi connectivity index (χ2n) is 4.13. The van der Waals surface area contributed by atoms with E-state index in [2.05, 4.69) is 10.1 Å². The lowest BCUT2D eigenvalue weighted by Gasteiger charge is -2.16. The third-order valence-electron chi connectivity index (χ3n) is 2.38. The first-order valence-electron chi connectivity index (χ1n) is 6.14. The van der Waals surface area contributed by atoms with Crippen LogP contribution in [0.25, 0.3) is 0 Å². The first kappa shape index (κ1) is 17.2. The number of halogens is 4. The molecule has 1 unspecified atom stereocenters. The van der Waals surface area contributed by atoms with Crippen molar-refractivity contribution in [2.24, 2.45) is 0 Å². The van der Waals surface area contributed by atoms with E-state index in [-0.39, 0.29) is 5.69 Å².